The van der Waals surface area contributed by atoms with Gasteiger partial charge in [-0.2, -0.15) is 0 Å². The number of rotatable bonds is 12. The molecule has 1 unspecified atom stereocenters. The zero-order chi connectivity index (χ0) is 18.0. The number of carboxylic acid groups (broad SMARTS) is 2. The van der Waals surface area contributed by atoms with E-state index in [4.69, 9.17) is 0 Å². The van der Waals surface area contributed by atoms with Crippen molar-refractivity contribution in [2.45, 2.75) is 97.3 Å². The zero-order valence-electron chi connectivity index (χ0n) is 15.4. The second kappa shape index (κ2) is 10.5. The van der Waals surface area contributed by atoms with Crippen LogP contribution in [0.15, 0.2) is 11.1 Å². The fourth-order valence-electron chi connectivity index (χ4n) is 3.95. The Bertz CT molecular complexity index is 445. The Hall–Kier alpha value is -1.32. The molecule has 4 nitrogen and oxygen atoms in total. The molecule has 0 aliphatic heterocycles. The lowest BCUT2D eigenvalue weighted by molar-refractivity contribution is -0.151. The predicted octanol–water partition coefficient (Wildman–Crippen LogP) is 5.56. The summed E-state index contributed by atoms with van der Waals surface area (Å²) in [5.41, 5.74) is -0.0979. The minimum absolute atomic E-state index is 0.219. The lowest BCUT2D eigenvalue weighted by Crippen LogP contribution is -2.37. The fourth-order valence-corrected chi connectivity index (χ4v) is 3.95. The topological polar surface area (TPSA) is 74.6 Å². The van der Waals surface area contributed by atoms with E-state index in [1.165, 1.54) is 0 Å². The highest BCUT2D eigenvalue weighted by Gasteiger charge is 2.46. The van der Waals surface area contributed by atoms with Crippen LogP contribution in [0, 0.1) is 5.41 Å². The summed E-state index contributed by atoms with van der Waals surface area (Å²) in [7, 11) is 0. The maximum absolute atomic E-state index is 12.3. The summed E-state index contributed by atoms with van der Waals surface area (Å²) in [5, 5.41) is 19.9. The van der Waals surface area contributed by atoms with E-state index in [2.05, 4.69) is 6.92 Å². The van der Waals surface area contributed by atoms with Gasteiger partial charge in [-0.1, -0.05) is 64.4 Å². The molecule has 1 fully saturated rings. The smallest absolute Gasteiger partial charge is 0.332 e. The third kappa shape index (κ3) is 5.35. The van der Waals surface area contributed by atoms with Gasteiger partial charge in [-0.3, -0.25) is 4.79 Å². The Kier molecular flexibility index (Phi) is 9.09. The molecule has 0 saturated heterocycles. The van der Waals surface area contributed by atoms with Crippen molar-refractivity contribution in [3.63, 3.8) is 0 Å². The summed E-state index contributed by atoms with van der Waals surface area (Å²) >= 11 is 0. The van der Waals surface area contributed by atoms with Crippen LogP contribution in [-0.2, 0) is 9.59 Å². The van der Waals surface area contributed by atoms with Crippen LogP contribution < -0.4 is 0 Å². The Balaban J connectivity index is 3.10. The molecule has 0 aromatic rings. The summed E-state index contributed by atoms with van der Waals surface area (Å²) in [6, 6.07) is 0. The van der Waals surface area contributed by atoms with Crippen LogP contribution in [0.25, 0.3) is 0 Å². The van der Waals surface area contributed by atoms with Gasteiger partial charge in [0.05, 0.1) is 11.0 Å². The molecule has 0 spiro atoms. The molecule has 138 valence electrons. The first-order valence-electron chi connectivity index (χ1n) is 9.68. The predicted molar refractivity (Wildman–Crippen MR) is 96.1 cm³/mol. The molecule has 1 rings (SSSR count). The molecule has 0 aromatic carbocycles. The lowest BCUT2D eigenvalue weighted by atomic mass is 9.70. The molecule has 0 bridgehead atoms. The maximum atomic E-state index is 12.3. The Morgan fingerprint density at radius 1 is 0.875 bits per heavy atom. The Morgan fingerprint density at radius 3 is 1.92 bits per heavy atom. The van der Waals surface area contributed by atoms with Crippen LogP contribution in [0.1, 0.15) is 97.3 Å². The van der Waals surface area contributed by atoms with Crippen LogP contribution in [0.2, 0.25) is 0 Å². The van der Waals surface area contributed by atoms with Gasteiger partial charge >= 0.3 is 11.9 Å². The summed E-state index contributed by atoms with van der Waals surface area (Å²) in [5.74, 6) is -1.96. The van der Waals surface area contributed by atoms with Gasteiger partial charge in [-0.25, -0.2) is 4.79 Å². The number of carboxylic acids is 2. The standard InChI is InChI=1S/C20H34O4/c1-3-5-7-8-11-15-20(19(23)24,14-6-4-2)17(18(21)22)16-12-9-10-13-16/h3-15H2,1-2H3,(H,21,22)(H,23,24). The third-order valence-corrected chi connectivity index (χ3v) is 5.33. The van der Waals surface area contributed by atoms with Crippen molar-refractivity contribution in [2.24, 2.45) is 5.41 Å². The van der Waals surface area contributed by atoms with Crippen LogP contribution in [0.4, 0.5) is 0 Å². The first-order chi connectivity index (χ1) is 11.5. The molecule has 0 amide bonds. The minimum atomic E-state index is -1.20. The molecule has 4 heteroatoms. The largest absolute Gasteiger partial charge is 0.481 e. The Labute approximate surface area is 146 Å². The van der Waals surface area contributed by atoms with Crippen LogP contribution in [-0.4, -0.2) is 22.2 Å². The second-order valence-corrected chi connectivity index (χ2v) is 7.15. The SMILES string of the molecule is CCCCCCCC(CCCC)(C(=O)O)C(C(=O)O)=C1CCCC1. The fraction of sp³-hybridized carbons (Fsp3) is 0.800. The maximum Gasteiger partial charge on any atom is 0.332 e. The van der Waals surface area contributed by atoms with Gasteiger partial charge in [0.2, 0.25) is 0 Å². The highest BCUT2D eigenvalue weighted by molar-refractivity contribution is 5.97. The first kappa shape index (κ1) is 20.7. The number of hydrogen-bond acceptors (Lipinski definition) is 2. The molecular weight excluding hydrogens is 304 g/mol. The quantitative estimate of drug-likeness (QED) is 0.361. The van der Waals surface area contributed by atoms with Crippen molar-refractivity contribution in [3.8, 4) is 0 Å². The van der Waals surface area contributed by atoms with Crippen LogP contribution in [0.3, 0.4) is 0 Å². The van der Waals surface area contributed by atoms with Gasteiger partial charge in [0.15, 0.2) is 0 Å². The van der Waals surface area contributed by atoms with Crippen LogP contribution in [0.5, 0.6) is 0 Å². The number of hydrogen-bond donors (Lipinski definition) is 2. The van der Waals surface area contributed by atoms with Crippen molar-refractivity contribution in [1.29, 1.82) is 0 Å². The van der Waals surface area contributed by atoms with E-state index >= 15 is 0 Å². The summed E-state index contributed by atoms with van der Waals surface area (Å²) < 4.78 is 0. The average molecular weight is 338 g/mol. The average Bonchev–Trinajstić information content (AvgIpc) is 3.05. The molecule has 0 radical (unpaired) electrons. The van der Waals surface area contributed by atoms with Gasteiger partial charge < -0.3 is 10.2 Å². The van der Waals surface area contributed by atoms with Crippen molar-refractivity contribution in [3.05, 3.63) is 11.1 Å². The molecule has 1 aliphatic carbocycles. The minimum Gasteiger partial charge on any atom is -0.481 e. The molecule has 24 heavy (non-hydrogen) atoms. The van der Waals surface area contributed by atoms with Gasteiger partial charge in [-0.05, 0) is 38.5 Å². The molecular formula is C20H34O4. The molecule has 0 heterocycles. The number of unbranched alkanes of at least 4 members (excludes halogenated alkanes) is 5. The van der Waals surface area contributed by atoms with E-state index in [0.717, 1.165) is 76.2 Å². The van der Waals surface area contributed by atoms with Crippen molar-refractivity contribution in [1.82, 2.24) is 0 Å². The van der Waals surface area contributed by atoms with Gasteiger partial charge in [-0.15, -0.1) is 0 Å². The normalized spacial score (nSPS) is 16.8. The lowest BCUT2D eigenvalue weighted by Gasteiger charge is -2.32. The van der Waals surface area contributed by atoms with E-state index in [9.17, 15) is 19.8 Å². The van der Waals surface area contributed by atoms with Crippen LogP contribution >= 0.6 is 0 Å². The molecule has 0 aromatic heterocycles. The number of aliphatic carboxylic acids is 2. The van der Waals surface area contributed by atoms with E-state index in [1.54, 1.807) is 0 Å². The van der Waals surface area contributed by atoms with E-state index in [-0.39, 0.29) is 5.57 Å². The summed E-state index contributed by atoms with van der Waals surface area (Å²) in [6.45, 7) is 4.17. The zero-order valence-corrected chi connectivity index (χ0v) is 15.4. The van der Waals surface area contributed by atoms with E-state index in [0.29, 0.717) is 12.8 Å². The molecule has 1 atom stereocenters. The highest BCUT2D eigenvalue weighted by atomic mass is 16.4. The van der Waals surface area contributed by atoms with Crippen molar-refractivity contribution in [2.75, 3.05) is 0 Å². The molecule has 1 saturated carbocycles. The third-order valence-electron chi connectivity index (χ3n) is 5.33. The Morgan fingerprint density at radius 2 is 1.42 bits per heavy atom. The van der Waals surface area contributed by atoms with E-state index in [1.807, 2.05) is 6.92 Å². The monoisotopic (exact) mass is 338 g/mol. The van der Waals surface area contributed by atoms with Gasteiger partial charge in [0.25, 0.3) is 0 Å². The van der Waals surface area contributed by atoms with Crippen molar-refractivity contribution < 1.29 is 19.8 Å². The molecule has 1 aliphatic rings. The second-order valence-electron chi connectivity index (χ2n) is 7.15. The molecule has 2 N–H and O–H groups in total. The van der Waals surface area contributed by atoms with E-state index < -0.39 is 17.4 Å². The summed E-state index contributed by atoms with van der Waals surface area (Å²) in [6.07, 6.45) is 11.2. The number of carbonyl (C=O) groups is 2. The van der Waals surface area contributed by atoms with Crippen molar-refractivity contribution >= 4 is 11.9 Å². The van der Waals surface area contributed by atoms with Gasteiger partial charge in [0.1, 0.15) is 0 Å². The summed E-state index contributed by atoms with van der Waals surface area (Å²) in [4.78, 5) is 24.3. The number of allylic oxidation sites excluding steroid dienone is 1. The highest BCUT2D eigenvalue weighted by Crippen LogP contribution is 2.44. The first-order valence-corrected chi connectivity index (χ1v) is 9.68. The van der Waals surface area contributed by atoms with Gasteiger partial charge in [0, 0.05) is 0 Å².